The molecule has 2 aromatic rings. The summed E-state index contributed by atoms with van der Waals surface area (Å²) in [6, 6.07) is 9.50. The maximum atomic E-state index is 8.56. The van der Waals surface area contributed by atoms with E-state index < -0.39 is 0 Å². The minimum atomic E-state index is 0.684. The lowest BCUT2D eigenvalue weighted by molar-refractivity contribution is 0.881. The second-order valence-corrected chi connectivity index (χ2v) is 4.55. The number of aryl methyl sites for hydroxylation is 1. The first-order valence-corrected chi connectivity index (χ1v) is 6.15. The van der Waals surface area contributed by atoms with E-state index in [-0.39, 0.29) is 0 Å². The molecule has 5 heteroatoms. The van der Waals surface area contributed by atoms with Crippen LogP contribution in [0.2, 0.25) is 0 Å². The van der Waals surface area contributed by atoms with Crippen LogP contribution in [0.1, 0.15) is 5.69 Å². The lowest BCUT2D eigenvalue weighted by atomic mass is 10.3. The summed E-state index contributed by atoms with van der Waals surface area (Å²) >= 11 is 1.14. The van der Waals surface area contributed by atoms with E-state index >= 15 is 0 Å². The molecule has 0 aliphatic carbocycles. The lowest BCUT2D eigenvalue weighted by Gasteiger charge is -2.09. The molecule has 0 atom stereocenters. The molecule has 0 unspecified atom stereocenters. The highest BCUT2D eigenvalue weighted by atomic mass is 32.2. The smallest absolute Gasteiger partial charge is 0.138 e. The molecule has 0 amide bonds. The number of nitrogens with one attached hydrogen (secondary N) is 1. The molecule has 0 spiro atoms. The average Bonchev–Trinajstić information content (AvgIpc) is 2.79. The van der Waals surface area contributed by atoms with Crippen LogP contribution in [0.25, 0.3) is 5.82 Å². The highest BCUT2D eigenvalue weighted by Crippen LogP contribution is 2.20. The maximum absolute atomic E-state index is 8.56. The summed E-state index contributed by atoms with van der Waals surface area (Å²) in [4.78, 5) is 0.920. The van der Waals surface area contributed by atoms with Crippen LogP contribution in [0.4, 0.5) is 5.69 Å². The number of benzene rings is 1. The fourth-order valence-corrected chi connectivity index (χ4v) is 1.83. The highest BCUT2D eigenvalue weighted by molar-refractivity contribution is 8.03. The van der Waals surface area contributed by atoms with Crippen molar-refractivity contribution in [1.29, 1.82) is 5.26 Å². The topological polar surface area (TPSA) is 53.6 Å². The summed E-state index contributed by atoms with van der Waals surface area (Å²) in [7, 11) is 0. The van der Waals surface area contributed by atoms with Gasteiger partial charge in [0.1, 0.15) is 11.2 Å². The van der Waals surface area contributed by atoms with Gasteiger partial charge in [-0.05, 0) is 49.0 Å². The molecule has 4 nitrogen and oxygen atoms in total. The van der Waals surface area contributed by atoms with E-state index in [1.54, 1.807) is 4.68 Å². The number of thiocyanates is 1. The number of nitrogens with zero attached hydrogens (tertiary/aromatic N) is 3. The van der Waals surface area contributed by atoms with Gasteiger partial charge >= 0.3 is 0 Å². The van der Waals surface area contributed by atoms with E-state index in [0.29, 0.717) is 5.82 Å². The van der Waals surface area contributed by atoms with Crippen LogP contribution >= 0.6 is 11.8 Å². The molecular formula is C13H12N4S. The third kappa shape index (κ3) is 2.93. The highest BCUT2D eigenvalue weighted by Gasteiger charge is 2.00. The second kappa shape index (κ2) is 5.43. The Bertz CT molecular complexity index is 592. The SMILES string of the molecule is C=C(Nc1ccc(SC#N)cc1)n1ccc(C)n1. The predicted molar refractivity (Wildman–Crippen MR) is 73.8 cm³/mol. The Morgan fingerprint density at radius 2 is 2.11 bits per heavy atom. The van der Waals surface area contributed by atoms with Crippen LogP contribution < -0.4 is 5.32 Å². The summed E-state index contributed by atoms with van der Waals surface area (Å²) in [5.41, 5.74) is 1.86. The van der Waals surface area contributed by atoms with Crippen molar-refractivity contribution < 1.29 is 0 Å². The van der Waals surface area contributed by atoms with Crippen molar-refractivity contribution in [2.75, 3.05) is 5.32 Å². The van der Waals surface area contributed by atoms with Crippen molar-refractivity contribution in [3.8, 4) is 5.40 Å². The van der Waals surface area contributed by atoms with Crippen molar-refractivity contribution in [2.45, 2.75) is 11.8 Å². The molecule has 0 aliphatic rings. The fourth-order valence-electron chi connectivity index (χ4n) is 1.45. The Morgan fingerprint density at radius 3 is 2.67 bits per heavy atom. The van der Waals surface area contributed by atoms with E-state index in [1.165, 1.54) is 0 Å². The van der Waals surface area contributed by atoms with E-state index in [4.69, 9.17) is 5.26 Å². The molecule has 1 aromatic heterocycles. The van der Waals surface area contributed by atoms with Gasteiger partial charge in [-0.15, -0.1) is 0 Å². The average molecular weight is 256 g/mol. The summed E-state index contributed by atoms with van der Waals surface area (Å²) in [5, 5.41) is 18.0. The van der Waals surface area contributed by atoms with Crippen LogP contribution in [-0.2, 0) is 0 Å². The summed E-state index contributed by atoms with van der Waals surface area (Å²) in [5.74, 6) is 0.684. The molecule has 0 radical (unpaired) electrons. The Morgan fingerprint density at radius 1 is 1.39 bits per heavy atom. The van der Waals surface area contributed by atoms with Gasteiger partial charge in [0.2, 0.25) is 0 Å². The van der Waals surface area contributed by atoms with Gasteiger partial charge in [0.15, 0.2) is 0 Å². The van der Waals surface area contributed by atoms with Crippen LogP contribution in [0.15, 0.2) is 48.0 Å². The van der Waals surface area contributed by atoms with Gasteiger partial charge in [0.05, 0.1) is 5.69 Å². The van der Waals surface area contributed by atoms with Gasteiger partial charge in [-0.25, -0.2) is 4.68 Å². The minimum Gasteiger partial charge on any atom is -0.341 e. The molecule has 0 fully saturated rings. The summed E-state index contributed by atoms with van der Waals surface area (Å²) in [6.45, 7) is 5.85. The molecule has 0 saturated heterocycles. The van der Waals surface area contributed by atoms with Crippen LogP contribution in [0.3, 0.4) is 0 Å². The zero-order chi connectivity index (χ0) is 13.0. The monoisotopic (exact) mass is 256 g/mol. The molecule has 1 N–H and O–H groups in total. The van der Waals surface area contributed by atoms with Gasteiger partial charge in [0, 0.05) is 16.8 Å². The largest absolute Gasteiger partial charge is 0.341 e. The van der Waals surface area contributed by atoms with Gasteiger partial charge in [-0.1, -0.05) is 6.58 Å². The van der Waals surface area contributed by atoms with Crippen LogP contribution in [-0.4, -0.2) is 9.78 Å². The number of anilines is 1. The van der Waals surface area contributed by atoms with E-state index in [1.807, 2.05) is 48.9 Å². The molecule has 0 bridgehead atoms. The number of hydrogen-bond donors (Lipinski definition) is 1. The lowest BCUT2D eigenvalue weighted by Crippen LogP contribution is -2.06. The number of aromatic nitrogens is 2. The van der Waals surface area contributed by atoms with E-state index in [2.05, 4.69) is 17.0 Å². The van der Waals surface area contributed by atoms with Gasteiger partial charge < -0.3 is 5.32 Å². The van der Waals surface area contributed by atoms with Crippen LogP contribution in [0, 0.1) is 17.6 Å². The Labute approximate surface area is 110 Å². The number of thioether (sulfide) groups is 1. The van der Waals surface area contributed by atoms with Gasteiger partial charge in [-0.3, -0.25) is 0 Å². The first-order chi connectivity index (χ1) is 8.69. The molecule has 90 valence electrons. The molecule has 18 heavy (non-hydrogen) atoms. The summed E-state index contributed by atoms with van der Waals surface area (Å²) in [6.07, 6.45) is 1.85. The second-order valence-electron chi connectivity index (χ2n) is 3.69. The summed E-state index contributed by atoms with van der Waals surface area (Å²) < 4.78 is 1.69. The minimum absolute atomic E-state index is 0.684. The molecule has 0 saturated carbocycles. The normalized spacial score (nSPS) is 9.78. The van der Waals surface area contributed by atoms with Crippen molar-refractivity contribution in [2.24, 2.45) is 0 Å². The molecule has 1 aromatic carbocycles. The van der Waals surface area contributed by atoms with Gasteiger partial charge in [0.25, 0.3) is 0 Å². The third-order valence-corrected chi connectivity index (χ3v) is 2.90. The van der Waals surface area contributed by atoms with Crippen molar-refractivity contribution >= 4 is 23.3 Å². The van der Waals surface area contributed by atoms with E-state index in [0.717, 1.165) is 28.0 Å². The Balaban J connectivity index is 2.05. The van der Waals surface area contributed by atoms with Gasteiger partial charge in [-0.2, -0.15) is 10.4 Å². The number of nitriles is 1. The number of rotatable bonds is 4. The zero-order valence-corrected chi connectivity index (χ0v) is 10.7. The fraction of sp³-hybridized carbons (Fsp3) is 0.0769. The first-order valence-electron chi connectivity index (χ1n) is 5.33. The first kappa shape index (κ1) is 12.3. The maximum Gasteiger partial charge on any atom is 0.138 e. The van der Waals surface area contributed by atoms with Crippen molar-refractivity contribution in [1.82, 2.24) is 9.78 Å². The number of hydrogen-bond acceptors (Lipinski definition) is 4. The van der Waals surface area contributed by atoms with Crippen LogP contribution in [0.5, 0.6) is 0 Å². The molecule has 1 heterocycles. The van der Waals surface area contributed by atoms with Crippen molar-refractivity contribution in [3.05, 3.63) is 48.8 Å². The third-order valence-electron chi connectivity index (χ3n) is 2.31. The Kier molecular flexibility index (Phi) is 3.70. The molecule has 0 aliphatic heterocycles. The Hall–Kier alpha value is -2.19. The van der Waals surface area contributed by atoms with E-state index in [9.17, 15) is 0 Å². The van der Waals surface area contributed by atoms with Crippen molar-refractivity contribution in [3.63, 3.8) is 0 Å². The predicted octanol–water partition coefficient (Wildman–Crippen LogP) is 3.31. The quantitative estimate of drug-likeness (QED) is 0.673. The molecular weight excluding hydrogens is 244 g/mol. The molecule has 2 rings (SSSR count). The zero-order valence-electron chi connectivity index (χ0n) is 9.92. The standard InChI is InChI=1S/C13H12N4S/c1-10-7-8-17(16-10)11(2)15-12-3-5-13(6-4-12)18-9-14/h3-8,15H,2H2,1H3.